The minimum Gasteiger partial charge on any atom is -0.467 e. The van der Waals surface area contributed by atoms with E-state index >= 15 is 0 Å². The van der Waals surface area contributed by atoms with Gasteiger partial charge in [0.25, 0.3) is 0 Å². The Bertz CT molecular complexity index is 506. The lowest BCUT2D eigenvalue weighted by molar-refractivity contribution is 0.454. The molecular formula is C12H16N4OS. The maximum Gasteiger partial charge on any atom is 0.169 e. The maximum absolute atomic E-state index is 5.31. The molecule has 18 heavy (non-hydrogen) atoms. The highest BCUT2D eigenvalue weighted by Gasteiger charge is 2.07. The van der Waals surface area contributed by atoms with E-state index in [0.29, 0.717) is 11.7 Å². The average Bonchev–Trinajstić information content (AvgIpc) is 2.99. The van der Waals surface area contributed by atoms with Crippen molar-refractivity contribution in [1.82, 2.24) is 20.0 Å². The van der Waals surface area contributed by atoms with E-state index in [4.69, 9.17) is 16.6 Å². The third-order valence-corrected chi connectivity index (χ3v) is 3.12. The summed E-state index contributed by atoms with van der Waals surface area (Å²) in [6.07, 6.45) is 3.43. The van der Waals surface area contributed by atoms with Crippen LogP contribution in [0.25, 0.3) is 0 Å². The van der Waals surface area contributed by atoms with Crippen LogP contribution >= 0.6 is 12.2 Å². The topological polar surface area (TPSA) is 46.2 Å². The predicted molar refractivity (Wildman–Crippen MR) is 72.8 cm³/mol. The van der Waals surface area contributed by atoms with Crippen molar-refractivity contribution in [3.8, 4) is 0 Å². The summed E-state index contributed by atoms with van der Waals surface area (Å²) < 4.78 is 7.07. The standard InChI is InChI=1S/C12H16N4OS/c1-15(9-10-5-6-14-16(10)2)12(18)13-8-11-4-3-7-17-11/h3-7H,8-9H2,1-2H3,(H,13,18). The minimum absolute atomic E-state index is 0.599. The molecule has 2 heterocycles. The fraction of sp³-hybridized carbons (Fsp3) is 0.333. The van der Waals surface area contributed by atoms with Crippen LogP contribution in [0.2, 0.25) is 0 Å². The van der Waals surface area contributed by atoms with Crippen LogP contribution in [0.4, 0.5) is 0 Å². The van der Waals surface area contributed by atoms with E-state index in [9.17, 15) is 0 Å². The number of aromatic nitrogens is 2. The van der Waals surface area contributed by atoms with Crippen molar-refractivity contribution in [3.05, 3.63) is 42.1 Å². The monoisotopic (exact) mass is 264 g/mol. The molecule has 5 nitrogen and oxygen atoms in total. The fourth-order valence-corrected chi connectivity index (χ4v) is 1.72. The second-order valence-electron chi connectivity index (χ2n) is 4.04. The fourth-order valence-electron chi connectivity index (χ4n) is 1.58. The van der Waals surface area contributed by atoms with Gasteiger partial charge in [-0.25, -0.2) is 0 Å². The number of aryl methyl sites for hydroxylation is 1. The van der Waals surface area contributed by atoms with Crippen molar-refractivity contribution in [2.24, 2.45) is 7.05 Å². The van der Waals surface area contributed by atoms with Gasteiger partial charge < -0.3 is 14.6 Å². The molecule has 0 atom stereocenters. The number of rotatable bonds is 4. The average molecular weight is 264 g/mol. The van der Waals surface area contributed by atoms with E-state index in [1.54, 1.807) is 12.5 Å². The van der Waals surface area contributed by atoms with Gasteiger partial charge in [0, 0.05) is 20.3 Å². The van der Waals surface area contributed by atoms with E-state index in [0.717, 1.165) is 18.0 Å². The molecule has 0 unspecified atom stereocenters. The lowest BCUT2D eigenvalue weighted by Gasteiger charge is -2.20. The van der Waals surface area contributed by atoms with Gasteiger partial charge in [-0.3, -0.25) is 4.68 Å². The zero-order valence-corrected chi connectivity index (χ0v) is 11.3. The van der Waals surface area contributed by atoms with Crippen LogP contribution in [0.15, 0.2) is 35.1 Å². The molecule has 2 aromatic rings. The van der Waals surface area contributed by atoms with E-state index < -0.39 is 0 Å². The second-order valence-corrected chi connectivity index (χ2v) is 4.43. The van der Waals surface area contributed by atoms with Gasteiger partial charge in [-0.1, -0.05) is 0 Å². The predicted octanol–water partition coefficient (Wildman–Crippen LogP) is 1.52. The maximum atomic E-state index is 5.31. The molecule has 2 aromatic heterocycles. The quantitative estimate of drug-likeness (QED) is 0.848. The van der Waals surface area contributed by atoms with Gasteiger partial charge in [-0.05, 0) is 30.4 Å². The molecule has 96 valence electrons. The van der Waals surface area contributed by atoms with Gasteiger partial charge in [0.15, 0.2) is 5.11 Å². The van der Waals surface area contributed by atoms with E-state index in [1.807, 2.05) is 41.9 Å². The first-order valence-electron chi connectivity index (χ1n) is 5.65. The molecule has 0 radical (unpaired) electrons. The molecular weight excluding hydrogens is 248 g/mol. The Morgan fingerprint density at radius 2 is 2.39 bits per heavy atom. The van der Waals surface area contributed by atoms with E-state index in [2.05, 4.69) is 10.4 Å². The zero-order chi connectivity index (χ0) is 13.0. The number of hydrogen-bond donors (Lipinski definition) is 1. The Balaban J connectivity index is 1.83. The van der Waals surface area contributed by atoms with Crippen molar-refractivity contribution in [2.75, 3.05) is 7.05 Å². The molecule has 6 heteroatoms. The Labute approximate surface area is 111 Å². The van der Waals surface area contributed by atoms with Crippen LogP contribution in [0, 0.1) is 0 Å². The molecule has 0 saturated carbocycles. The number of thiocarbonyl (C=S) groups is 1. The van der Waals surface area contributed by atoms with E-state index in [1.165, 1.54) is 0 Å². The third-order valence-electron chi connectivity index (χ3n) is 2.66. The lowest BCUT2D eigenvalue weighted by Crippen LogP contribution is -2.36. The number of furan rings is 1. The molecule has 1 N–H and O–H groups in total. The van der Waals surface area contributed by atoms with Crippen LogP contribution in [0.1, 0.15) is 11.5 Å². The summed E-state index contributed by atoms with van der Waals surface area (Å²) in [4.78, 5) is 1.97. The summed E-state index contributed by atoms with van der Waals surface area (Å²) in [5, 5.41) is 7.97. The summed E-state index contributed by atoms with van der Waals surface area (Å²) >= 11 is 5.31. The van der Waals surface area contributed by atoms with Gasteiger partial charge in [0.2, 0.25) is 0 Å². The van der Waals surface area contributed by atoms with Crippen LogP contribution in [0.5, 0.6) is 0 Å². The van der Waals surface area contributed by atoms with Crippen molar-refractivity contribution in [2.45, 2.75) is 13.1 Å². The van der Waals surface area contributed by atoms with Gasteiger partial charge in [-0.15, -0.1) is 0 Å². The summed E-state index contributed by atoms with van der Waals surface area (Å²) in [5.41, 5.74) is 1.11. The molecule has 0 aliphatic carbocycles. The smallest absolute Gasteiger partial charge is 0.169 e. The zero-order valence-electron chi connectivity index (χ0n) is 10.5. The molecule has 0 bridgehead atoms. The molecule has 0 aliphatic heterocycles. The van der Waals surface area contributed by atoms with Crippen LogP contribution in [-0.4, -0.2) is 26.8 Å². The Morgan fingerprint density at radius 1 is 1.56 bits per heavy atom. The molecule has 0 amide bonds. The highest BCUT2D eigenvalue weighted by molar-refractivity contribution is 7.80. The molecule has 0 aliphatic rings. The second kappa shape index (κ2) is 5.68. The van der Waals surface area contributed by atoms with E-state index in [-0.39, 0.29) is 0 Å². The summed E-state index contributed by atoms with van der Waals surface area (Å²) in [6.45, 7) is 1.32. The third kappa shape index (κ3) is 3.10. The van der Waals surface area contributed by atoms with Crippen molar-refractivity contribution in [3.63, 3.8) is 0 Å². The van der Waals surface area contributed by atoms with Gasteiger partial charge >= 0.3 is 0 Å². The number of nitrogens with one attached hydrogen (secondary N) is 1. The highest BCUT2D eigenvalue weighted by atomic mass is 32.1. The summed E-state index contributed by atoms with van der Waals surface area (Å²) in [6, 6.07) is 5.75. The highest BCUT2D eigenvalue weighted by Crippen LogP contribution is 2.03. The molecule has 2 rings (SSSR count). The van der Waals surface area contributed by atoms with Gasteiger partial charge in [-0.2, -0.15) is 5.10 Å². The molecule has 0 saturated heterocycles. The lowest BCUT2D eigenvalue weighted by atomic mass is 10.4. The molecule has 0 spiro atoms. The van der Waals surface area contributed by atoms with Gasteiger partial charge in [0.1, 0.15) is 5.76 Å². The molecule has 0 fully saturated rings. The van der Waals surface area contributed by atoms with Crippen LogP contribution in [0.3, 0.4) is 0 Å². The number of nitrogens with zero attached hydrogens (tertiary/aromatic N) is 3. The molecule has 0 aromatic carbocycles. The Hall–Kier alpha value is -1.82. The van der Waals surface area contributed by atoms with Gasteiger partial charge in [0.05, 0.1) is 25.0 Å². The summed E-state index contributed by atoms with van der Waals surface area (Å²) in [7, 11) is 3.87. The van der Waals surface area contributed by atoms with Crippen molar-refractivity contribution >= 4 is 17.3 Å². The number of hydrogen-bond acceptors (Lipinski definition) is 3. The van der Waals surface area contributed by atoms with Crippen LogP contribution in [-0.2, 0) is 20.1 Å². The Morgan fingerprint density at radius 3 is 3.00 bits per heavy atom. The van der Waals surface area contributed by atoms with Crippen LogP contribution < -0.4 is 5.32 Å². The van der Waals surface area contributed by atoms with Crippen molar-refractivity contribution in [1.29, 1.82) is 0 Å². The normalized spacial score (nSPS) is 10.3. The first-order valence-corrected chi connectivity index (χ1v) is 6.06. The largest absolute Gasteiger partial charge is 0.467 e. The first kappa shape index (κ1) is 12.6. The first-order chi connectivity index (χ1) is 8.66. The summed E-state index contributed by atoms with van der Waals surface area (Å²) in [5.74, 6) is 0.867. The minimum atomic E-state index is 0.599. The Kier molecular flexibility index (Phi) is 3.99. The van der Waals surface area contributed by atoms with Crippen molar-refractivity contribution < 1.29 is 4.42 Å². The SMILES string of the molecule is CN(Cc1ccnn1C)C(=S)NCc1ccco1.